The van der Waals surface area contributed by atoms with Crippen LogP contribution in [0, 0.1) is 10.1 Å². The van der Waals surface area contributed by atoms with E-state index in [2.05, 4.69) is 0 Å². The van der Waals surface area contributed by atoms with Gasteiger partial charge < -0.3 is 5.73 Å². The van der Waals surface area contributed by atoms with E-state index in [1.54, 1.807) is 12.1 Å². The summed E-state index contributed by atoms with van der Waals surface area (Å²) < 4.78 is 0. The topological polar surface area (TPSA) is 69.2 Å². The molecule has 0 amide bonds. The maximum Gasteiger partial charge on any atom is 0.269 e. The summed E-state index contributed by atoms with van der Waals surface area (Å²) in [5.41, 5.74) is 6.79. The predicted octanol–water partition coefficient (Wildman–Crippen LogP) is 2.43. The van der Waals surface area contributed by atoms with E-state index in [1.165, 1.54) is 12.1 Å². The van der Waals surface area contributed by atoms with E-state index in [0.29, 0.717) is 0 Å². The van der Waals surface area contributed by atoms with Crippen LogP contribution in [-0.2, 0) is 0 Å². The standard InChI is InChI=1S/C9H12N2O2.ClH/c1-2-9(10)7-3-5-8(6-4-7)11(12)13;/h3-6,9H,2,10H2,1H3;1H/t9-;/m0./s1. The van der Waals surface area contributed by atoms with Gasteiger partial charge >= 0.3 is 0 Å². The van der Waals surface area contributed by atoms with E-state index in [4.69, 9.17) is 5.73 Å². The average molecular weight is 217 g/mol. The molecule has 0 radical (unpaired) electrons. The van der Waals surface area contributed by atoms with E-state index in [-0.39, 0.29) is 24.1 Å². The molecule has 4 nitrogen and oxygen atoms in total. The zero-order valence-electron chi connectivity index (χ0n) is 7.84. The fraction of sp³-hybridized carbons (Fsp3) is 0.333. The Morgan fingerprint density at radius 3 is 2.29 bits per heavy atom. The lowest BCUT2D eigenvalue weighted by Crippen LogP contribution is -2.08. The van der Waals surface area contributed by atoms with Crippen LogP contribution < -0.4 is 5.73 Å². The Hall–Kier alpha value is -1.13. The second-order valence-corrected chi connectivity index (χ2v) is 2.86. The molecule has 0 fully saturated rings. The van der Waals surface area contributed by atoms with Crippen LogP contribution in [0.1, 0.15) is 24.9 Å². The molecule has 1 aromatic carbocycles. The molecule has 0 aliphatic carbocycles. The lowest BCUT2D eigenvalue weighted by atomic mass is 10.1. The lowest BCUT2D eigenvalue weighted by Gasteiger charge is -2.07. The molecule has 0 saturated heterocycles. The van der Waals surface area contributed by atoms with E-state index < -0.39 is 4.92 Å². The Morgan fingerprint density at radius 2 is 1.93 bits per heavy atom. The first-order valence-electron chi connectivity index (χ1n) is 4.15. The van der Waals surface area contributed by atoms with Gasteiger partial charge in [0, 0.05) is 18.2 Å². The average Bonchev–Trinajstić information content (AvgIpc) is 2.17. The minimum absolute atomic E-state index is 0. The summed E-state index contributed by atoms with van der Waals surface area (Å²) >= 11 is 0. The fourth-order valence-corrected chi connectivity index (χ4v) is 1.08. The third-order valence-electron chi connectivity index (χ3n) is 1.97. The molecule has 0 bridgehead atoms. The van der Waals surface area contributed by atoms with Gasteiger partial charge in [0.1, 0.15) is 0 Å². The molecule has 2 N–H and O–H groups in total. The van der Waals surface area contributed by atoms with Gasteiger partial charge in [0.25, 0.3) is 5.69 Å². The highest BCUT2D eigenvalue weighted by atomic mass is 35.5. The number of hydrogen-bond acceptors (Lipinski definition) is 3. The minimum atomic E-state index is -0.415. The molecular weight excluding hydrogens is 204 g/mol. The monoisotopic (exact) mass is 216 g/mol. The zero-order valence-corrected chi connectivity index (χ0v) is 8.66. The van der Waals surface area contributed by atoms with Gasteiger partial charge in [-0.25, -0.2) is 0 Å². The van der Waals surface area contributed by atoms with E-state index in [1.807, 2.05) is 6.92 Å². The number of halogens is 1. The van der Waals surface area contributed by atoms with Gasteiger partial charge in [-0.1, -0.05) is 19.1 Å². The predicted molar refractivity (Wildman–Crippen MR) is 57.6 cm³/mol. The molecule has 0 aliphatic rings. The molecule has 0 aromatic heterocycles. The molecule has 1 rings (SSSR count). The minimum Gasteiger partial charge on any atom is -0.324 e. The summed E-state index contributed by atoms with van der Waals surface area (Å²) in [5.74, 6) is 0. The van der Waals surface area contributed by atoms with Crippen LogP contribution in [0.3, 0.4) is 0 Å². The molecule has 5 heteroatoms. The Morgan fingerprint density at radius 1 is 1.43 bits per heavy atom. The van der Waals surface area contributed by atoms with Gasteiger partial charge in [-0.2, -0.15) is 0 Å². The SMILES string of the molecule is CC[C@H](N)c1ccc([N+](=O)[O-])cc1.Cl. The maximum absolute atomic E-state index is 10.3. The fourth-order valence-electron chi connectivity index (χ4n) is 1.08. The van der Waals surface area contributed by atoms with Crippen LogP contribution in [0.2, 0.25) is 0 Å². The van der Waals surface area contributed by atoms with Crippen LogP contribution >= 0.6 is 12.4 Å². The van der Waals surface area contributed by atoms with Gasteiger partial charge in [0.15, 0.2) is 0 Å². The Balaban J connectivity index is 0.00000169. The molecule has 78 valence electrons. The summed E-state index contributed by atoms with van der Waals surface area (Å²) in [7, 11) is 0. The second kappa shape index (κ2) is 5.57. The van der Waals surface area contributed by atoms with Crippen molar-refractivity contribution < 1.29 is 4.92 Å². The van der Waals surface area contributed by atoms with Crippen molar-refractivity contribution in [2.45, 2.75) is 19.4 Å². The highest BCUT2D eigenvalue weighted by molar-refractivity contribution is 5.85. The van der Waals surface area contributed by atoms with Gasteiger partial charge in [0.2, 0.25) is 0 Å². The van der Waals surface area contributed by atoms with E-state index in [0.717, 1.165) is 12.0 Å². The number of hydrogen-bond donors (Lipinski definition) is 1. The Kier molecular flexibility index (Phi) is 5.12. The van der Waals surface area contributed by atoms with Gasteiger partial charge in [0.05, 0.1) is 4.92 Å². The van der Waals surface area contributed by atoms with Crippen LogP contribution in [0.15, 0.2) is 24.3 Å². The largest absolute Gasteiger partial charge is 0.324 e. The first-order valence-corrected chi connectivity index (χ1v) is 4.15. The van der Waals surface area contributed by atoms with Crippen molar-refractivity contribution in [3.05, 3.63) is 39.9 Å². The summed E-state index contributed by atoms with van der Waals surface area (Å²) in [6.07, 6.45) is 0.831. The van der Waals surface area contributed by atoms with E-state index in [9.17, 15) is 10.1 Å². The van der Waals surface area contributed by atoms with Crippen molar-refractivity contribution in [1.29, 1.82) is 0 Å². The Labute approximate surface area is 88.7 Å². The van der Waals surface area contributed by atoms with Crippen LogP contribution in [0.25, 0.3) is 0 Å². The second-order valence-electron chi connectivity index (χ2n) is 2.86. The molecule has 1 aromatic rings. The quantitative estimate of drug-likeness (QED) is 0.623. The zero-order chi connectivity index (χ0) is 9.84. The van der Waals surface area contributed by atoms with Crippen molar-refractivity contribution in [3.8, 4) is 0 Å². The molecule has 0 unspecified atom stereocenters. The van der Waals surface area contributed by atoms with Crippen LogP contribution in [0.5, 0.6) is 0 Å². The lowest BCUT2D eigenvalue weighted by molar-refractivity contribution is -0.384. The van der Waals surface area contributed by atoms with Gasteiger partial charge in [-0.15, -0.1) is 12.4 Å². The highest BCUT2D eigenvalue weighted by Gasteiger charge is 2.06. The summed E-state index contributed by atoms with van der Waals surface area (Å²) in [6, 6.07) is 6.33. The molecule has 0 spiro atoms. The molecule has 0 heterocycles. The van der Waals surface area contributed by atoms with Gasteiger partial charge in [-0.05, 0) is 12.0 Å². The third kappa shape index (κ3) is 2.97. The highest BCUT2D eigenvalue weighted by Crippen LogP contribution is 2.17. The first-order chi connectivity index (χ1) is 6.15. The Bertz CT molecular complexity index is 300. The first kappa shape index (κ1) is 12.9. The van der Waals surface area contributed by atoms with Crippen molar-refractivity contribution >= 4 is 18.1 Å². The number of non-ortho nitro benzene ring substituents is 1. The normalized spacial score (nSPS) is 11.6. The summed E-state index contributed by atoms with van der Waals surface area (Å²) in [5, 5.41) is 10.3. The number of nitrogens with zero attached hydrogens (tertiary/aromatic N) is 1. The number of benzene rings is 1. The van der Waals surface area contributed by atoms with Crippen molar-refractivity contribution in [2.24, 2.45) is 5.73 Å². The number of nitro benzene ring substituents is 1. The molecule has 0 saturated carbocycles. The molecule has 0 aliphatic heterocycles. The molecule has 14 heavy (non-hydrogen) atoms. The van der Waals surface area contributed by atoms with Crippen molar-refractivity contribution in [1.82, 2.24) is 0 Å². The van der Waals surface area contributed by atoms with Gasteiger partial charge in [-0.3, -0.25) is 10.1 Å². The molecule has 1 atom stereocenters. The number of nitro groups is 1. The smallest absolute Gasteiger partial charge is 0.269 e. The summed E-state index contributed by atoms with van der Waals surface area (Å²) in [4.78, 5) is 9.91. The maximum atomic E-state index is 10.3. The van der Waals surface area contributed by atoms with Crippen LogP contribution in [0.4, 0.5) is 5.69 Å². The van der Waals surface area contributed by atoms with E-state index >= 15 is 0 Å². The third-order valence-corrected chi connectivity index (χ3v) is 1.97. The number of rotatable bonds is 3. The molecular formula is C9H13ClN2O2. The van der Waals surface area contributed by atoms with Crippen LogP contribution in [-0.4, -0.2) is 4.92 Å². The van der Waals surface area contributed by atoms with Crippen molar-refractivity contribution in [2.75, 3.05) is 0 Å². The summed E-state index contributed by atoms with van der Waals surface area (Å²) in [6.45, 7) is 1.98. The number of nitrogens with two attached hydrogens (primary N) is 1. The van der Waals surface area contributed by atoms with Crippen molar-refractivity contribution in [3.63, 3.8) is 0 Å².